The lowest BCUT2D eigenvalue weighted by Gasteiger charge is -2.13. The first-order valence-corrected chi connectivity index (χ1v) is 6.83. The van der Waals surface area contributed by atoms with E-state index in [1.165, 1.54) is 0 Å². The Morgan fingerprint density at radius 1 is 1.43 bits per heavy atom. The van der Waals surface area contributed by atoms with E-state index >= 15 is 0 Å². The average molecular weight is 301 g/mol. The molecule has 0 bridgehead atoms. The van der Waals surface area contributed by atoms with Crippen LogP contribution in [0.2, 0.25) is 0 Å². The van der Waals surface area contributed by atoms with Crippen LogP contribution >= 0.6 is 0 Å². The second-order valence-corrected chi connectivity index (χ2v) is 5.25. The Balaban J connectivity index is 1.96. The van der Waals surface area contributed by atoms with Crippen molar-refractivity contribution in [3.63, 3.8) is 0 Å². The lowest BCUT2D eigenvalue weighted by molar-refractivity contribution is -0.137. The van der Waals surface area contributed by atoms with Gasteiger partial charge in [0.25, 0.3) is 0 Å². The Morgan fingerprint density at radius 3 is 2.81 bits per heavy atom. The van der Waals surface area contributed by atoms with Gasteiger partial charge in [-0.1, -0.05) is 0 Å². The third-order valence-electron chi connectivity index (χ3n) is 3.60. The van der Waals surface area contributed by atoms with Crippen LogP contribution in [0, 0.1) is 5.92 Å². The summed E-state index contributed by atoms with van der Waals surface area (Å²) in [5, 5.41) is 5.66. The van der Waals surface area contributed by atoms with E-state index < -0.39 is 11.7 Å². The molecule has 1 aromatic rings. The van der Waals surface area contributed by atoms with Gasteiger partial charge in [0.2, 0.25) is 5.91 Å². The zero-order valence-corrected chi connectivity index (χ0v) is 11.5. The molecule has 2 rings (SSSR count). The van der Waals surface area contributed by atoms with Gasteiger partial charge in [0.05, 0.1) is 16.9 Å². The smallest absolute Gasteiger partial charge is 0.397 e. The first-order chi connectivity index (χ1) is 9.86. The number of halogens is 3. The number of anilines is 2. The molecular weight excluding hydrogens is 283 g/mol. The molecule has 0 radical (unpaired) electrons. The second-order valence-electron chi connectivity index (χ2n) is 5.25. The van der Waals surface area contributed by atoms with Gasteiger partial charge in [0.1, 0.15) is 0 Å². The number of nitrogens with one attached hydrogen (secondary N) is 2. The van der Waals surface area contributed by atoms with E-state index in [0.29, 0.717) is 5.92 Å². The van der Waals surface area contributed by atoms with Gasteiger partial charge in [-0.3, -0.25) is 4.79 Å². The summed E-state index contributed by atoms with van der Waals surface area (Å²) >= 11 is 0. The number of benzene rings is 1. The molecule has 0 saturated carbocycles. The summed E-state index contributed by atoms with van der Waals surface area (Å²) in [6.07, 6.45) is -2.43. The van der Waals surface area contributed by atoms with E-state index in [9.17, 15) is 18.0 Å². The van der Waals surface area contributed by atoms with Crippen molar-refractivity contribution in [2.24, 2.45) is 5.92 Å². The van der Waals surface area contributed by atoms with E-state index in [4.69, 9.17) is 5.73 Å². The summed E-state index contributed by atoms with van der Waals surface area (Å²) in [6.45, 7) is 1.84. The highest BCUT2D eigenvalue weighted by Gasteiger charge is 2.31. The van der Waals surface area contributed by atoms with Crippen LogP contribution in [-0.2, 0) is 11.0 Å². The van der Waals surface area contributed by atoms with Crippen molar-refractivity contribution in [1.29, 1.82) is 0 Å². The summed E-state index contributed by atoms with van der Waals surface area (Å²) in [5.74, 6) is 0.141. The lowest BCUT2D eigenvalue weighted by atomic mass is 10.0. The maximum absolute atomic E-state index is 12.6. The maximum atomic E-state index is 12.6. The van der Waals surface area contributed by atoms with Crippen LogP contribution in [-0.4, -0.2) is 19.0 Å². The summed E-state index contributed by atoms with van der Waals surface area (Å²) in [6, 6.07) is 2.92. The molecule has 1 aliphatic rings. The first-order valence-electron chi connectivity index (χ1n) is 6.83. The molecule has 0 aliphatic carbocycles. The van der Waals surface area contributed by atoms with Crippen LogP contribution in [0.25, 0.3) is 0 Å². The van der Waals surface area contributed by atoms with Gasteiger partial charge >= 0.3 is 6.18 Å². The molecule has 1 saturated heterocycles. The molecule has 4 nitrogen and oxygen atoms in total. The minimum absolute atomic E-state index is 0.0133. The van der Waals surface area contributed by atoms with Crippen LogP contribution in [0.4, 0.5) is 24.5 Å². The van der Waals surface area contributed by atoms with Crippen molar-refractivity contribution in [2.45, 2.75) is 25.4 Å². The molecular formula is C14H18F3N3O. The molecule has 1 heterocycles. The van der Waals surface area contributed by atoms with Gasteiger partial charge in [-0.05, 0) is 50.0 Å². The Kier molecular flexibility index (Phi) is 4.72. The number of hydrogen-bond acceptors (Lipinski definition) is 3. The highest BCUT2D eigenvalue weighted by molar-refractivity contribution is 5.93. The predicted molar refractivity (Wildman–Crippen MR) is 74.7 cm³/mol. The summed E-state index contributed by atoms with van der Waals surface area (Å²) in [5.41, 5.74) is 4.92. The second kappa shape index (κ2) is 6.34. The van der Waals surface area contributed by atoms with Crippen molar-refractivity contribution in [2.75, 3.05) is 24.1 Å². The molecule has 1 fully saturated rings. The molecule has 7 heteroatoms. The number of nitrogen functional groups attached to an aromatic ring is 1. The summed E-state index contributed by atoms with van der Waals surface area (Å²) in [4.78, 5) is 11.8. The minimum Gasteiger partial charge on any atom is -0.397 e. The fourth-order valence-electron chi connectivity index (χ4n) is 2.35. The number of hydrogen-bond donors (Lipinski definition) is 3. The average Bonchev–Trinajstić information content (AvgIpc) is 2.91. The third kappa shape index (κ3) is 4.35. The van der Waals surface area contributed by atoms with E-state index in [2.05, 4.69) is 10.6 Å². The van der Waals surface area contributed by atoms with Crippen LogP contribution in [0.15, 0.2) is 18.2 Å². The fourth-order valence-corrected chi connectivity index (χ4v) is 2.35. The molecule has 116 valence electrons. The van der Waals surface area contributed by atoms with Crippen LogP contribution in [0.1, 0.15) is 24.8 Å². The van der Waals surface area contributed by atoms with Gasteiger partial charge in [0.15, 0.2) is 0 Å². The van der Waals surface area contributed by atoms with E-state index in [1.807, 2.05) is 0 Å². The largest absolute Gasteiger partial charge is 0.416 e. The number of nitrogens with two attached hydrogens (primary N) is 1. The summed E-state index contributed by atoms with van der Waals surface area (Å²) < 4.78 is 37.9. The SMILES string of the molecule is Nc1ccc(C(F)(F)F)cc1NC(=O)CCC1CCNC1. The predicted octanol–water partition coefficient (Wildman–Crippen LogP) is 2.62. The summed E-state index contributed by atoms with van der Waals surface area (Å²) in [7, 11) is 0. The van der Waals surface area contributed by atoms with Crippen molar-refractivity contribution < 1.29 is 18.0 Å². The van der Waals surface area contributed by atoms with E-state index in [0.717, 1.165) is 44.1 Å². The molecule has 0 aromatic heterocycles. The van der Waals surface area contributed by atoms with E-state index in [1.54, 1.807) is 0 Å². The third-order valence-corrected chi connectivity index (χ3v) is 3.60. The molecule has 0 spiro atoms. The molecule has 1 atom stereocenters. The normalized spacial score (nSPS) is 18.7. The molecule has 1 aliphatic heterocycles. The van der Waals surface area contributed by atoms with Crippen molar-refractivity contribution in [3.05, 3.63) is 23.8 Å². The van der Waals surface area contributed by atoms with Gasteiger partial charge < -0.3 is 16.4 Å². The van der Waals surface area contributed by atoms with Gasteiger partial charge in [-0.25, -0.2) is 0 Å². The van der Waals surface area contributed by atoms with Crippen LogP contribution < -0.4 is 16.4 Å². The Morgan fingerprint density at radius 2 is 2.19 bits per heavy atom. The molecule has 1 unspecified atom stereocenters. The van der Waals surface area contributed by atoms with Gasteiger partial charge in [-0.15, -0.1) is 0 Å². The van der Waals surface area contributed by atoms with E-state index in [-0.39, 0.29) is 23.7 Å². The van der Waals surface area contributed by atoms with Crippen LogP contribution in [0.5, 0.6) is 0 Å². The number of carbonyl (C=O) groups excluding carboxylic acids is 1. The monoisotopic (exact) mass is 301 g/mol. The number of amides is 1. The molecule has 21 heavy (non-hydrogen) atoms. The number of carbonyl (C=O) groups is 1. The number of rotatable bonds is 4. The Bertz CT molecular complexity index is 511. The van der Waals surface area contributed by atoms with Gasteiger partial charge in [0, 0.05) is 6.42 Å². The zero-order chi connectivity index (χ0) is 15.5. The quantitative estimate of drug-likeness (QED) is 0.749. The lowest BCUT2D eigenvalue weighted by Crippen LogP contribution is -2.16. The Hall–Kier alpha value is -1.76. The highest BCUT2D eigenvalue weighted by Crippen LogP contribution is 2.33. The van der Waals surface area contributed by atoms with Crippen molar-refractivity contribution >= 4 is 17.3 Å². The minimum atomic E-state index is -4.46. The zero-order valence-electron chi connectivity index (χ0n) is 11.5. The van der Waals surface area contributed by atoms with Crippen LogP contribution in [0.3, 0.4) is 0 Å². The van der Waals surface area contributed by atoms with Crippen molar-refractivity contribution in [1.82, 2.24) is 5.32 Å². The molecule has 4 N–H and O–H groups in total. The maximum Gasteiger partial charge on any atom is 0.416 e. The standard InChI is InChI=1S/C14H18F3N3O/c15-14(16,17)10-2-3-11(18)12(7-10)20-13(21)4-1-9-5-6-19-8-9/h2-3,7,9,19H,1,4-6,8,18H2,(H,20,21). The van der Waals surface area contributed by atoms with Crippen molar-refractivity contribution in [3.8, 4) is 0 Å². The molecule has 1 amide bonds. The Labute approximate surface area is 120 Å². The fraction of sp³-hybridized carbons (Fsp3) is 0.500. The molecule has 1 aromatic carbocycles. The highest BCUT2D eigenvalue weighted by atomic mass is 19.4. The van der Waals surface area contributed by atoms with Gasteiger partial charge in [-0.2, -0.15) is 13.2 Å². The first kappa shape index (κ1) is 15.6. The topological polar surface area (TPSA) is 67.1 Å². The number of alkyl halides is 3.